The third-order valence-corrected chi connectivity index (χ3v) is 3.79. The van der Waals surface area contributed by atoms with Gasteiger partial charge in [0.25, 0.3) is 0 Å². The molecule has 0 bridgehead atoms. The molecule has 0 amide bonds. The van der Waals surface area contributed by atoms with Gasteiger partial charge in [0.05, 0.1) is 42.4 Å². The summed E-state index contributed by atoms with van der Waals surface area (Å²) in [6, 6.07) is 13.7. The van der Waals surface area contributed by atoms with Gasteiger partial charge in [-0.3, -0.25) is 4.98 Å². The van der Waals surface area contributed by atoms with Crippen LogP contribution in [0.3, 0.4) is 0 Å². The first-order valence-electron chi connectivity index (χ1n) is 7.77. The van der Waals surface area contributed by atoms with Crippen molar-refractivity contribution >= 4 is 11.4 Å². The van der Waals surface area contributed by atoms with Gasteiger partial charge in [-0.25, -0.2) is 14.7 Å². The van der Waals surface area contributed by atoms with E-state index in [2.05, 4.69) is 19.7 Å². The predicted molar refractivity (Wildman–Crippen MR) is 99.6 cm³/mol. The topological polar surface area (TPSA) is 82.1 Å². The molecular weight excluding hydrogens is 336 g/mol. The number of benzene rings is 2. The molecule has 3 rings (SSSR count). The molecule has 0 radical (unpaired) electrons. The van der Waals surface area contributed by atoms with E-state index in [9.17, 15) is 10.5 Å². The van der Waals surface area contributed by atoms with Crippen molar-refractivity contribution in [1.29, 1.82) is 10.5 Å². The van der Waals surface area contributed by atoms with E-state index in [4.69, 9.17) is 13.1 Å². The molecule has 0 spiro atoms. The number of aryl methyl sites for hydroxylation is 1. The van der Waals surface area contributed by atoms with E-state index in [0.717, 1.165) is 0 Å². The normalized spacial score (nSPS) is 9.52. The van der Waals surface area contributed by atoms with E-state index in [1.54, 1.807) is 37.4 Å². The van der Waals surface area contributed by atoms with E-state index in [0.29, 0.717) is 50.7 Å². The molecule has 1 aromatic heterocycles. The second-order valence-electron chi connectivity index (χ2n) is 5.69. The fourth-order valence-electron chi connectivity index (χ4n) is 2.64. The zero-order valence-electron chi connectivity index (χ0n) is 14.2. The van der Waals surface area contributed by atoms with Crippen LogP contribution < -0.4 is 0 Å². The lowest BCUT2D eigenvalue weighted by Crippen LogP contribution is -1.96. The Hall–Kier alpha value is -4.52. The van der Waals surface area contributed by atoms with Gasteiger partial charge in [-0.05, 0) is 54.4 Å². The fourth-order valence-corrected chi connectivity index (χ4v) is 2.64. The summed E-state index contributed by atoms with van der Waals surface area (Å²) in [5, 5.41) is 18.5. The van der Waals surface area contributed by atoms with Crippen molar-refractivity contribution in [3.05, 3.63) is 82.3 Å². The summed E-state index contributed by atoms with van der Waals surface area (Å²) < 4.78 is 0. The molecular formula is C21H10N6. The minimum absolute atomic E-state index is 0.324. The summed E-state index contributed by atoms with van der Waals surface area (Å²) in [5.41, 5.74) is 4.14. The first-order chi connectivity index (χ1) is 13.1. The highest BCUT2D eigenvalue weighted by molar-refractivity contribution is 5.82. The third-order valence-electron chi connectivity index (χ3n) is 3.79. The van der Waals surface area contributed by atoms with Crippen molar-refractivity contribution in [1.82, 2.24) is 9.97 Å². The van der Waals surface area contributed by atoms with E-state index in [1.165, 1.54) is 12.1 Å². The minimum atomic E-state index is 0.324. The highest BCUT2D eigenvalue weighted by Crippen LogP contribution is 2.34. The SMILES string of the molecule is [C-]#[N+]c1cc(C#N)cc(-c2ncc(C)nc2-c2cc(C#N)cc([N+]#[C-])c2)c1. The number of nitriles is 2. The number of hydrogen-bond donors (Lipinski definition) is 0. The summed E-state index contributed by atoms with van der Waals surface area (Å²) in [4.78, 5) is 15.8. The second kappa shape index (κ2) is 7.16. The van der Waals surface area contributed by atoms with Crippen molar-refractivity contribution in [2.45, 2.75) is 6.92 Å². The summed E-state index contributed by atoms with van der Waals surface area (Å²) in [5.74, 6) is 0. The van der Waals surface area contributed by atoms with Gasteiger partial charge in [0.1, 0.15) is 0 Å². The molecule has 6 heteroatoms. The Morgan fingerprint density at radius 3 is 1.81 bits per heavy atom. The zero-order chi connectivity index (χ0) is 19.4. The fraction of sp³-hybridized carbons (Fsp3) is 0.0476. The first kappa shape index (κ1) is 17.3. The maximum atomic E-state index is 9.25. The van der Waals surface area contributed by atoms with Gasteiger partial charge in [-0.2, -0.15) is 10.5 Å². The van der Waals surface area contributed by atoms with E-state index in [-0.39, 0.29) is 0 Å². The zero-order valence-corrected chi connectivity index (χ0v) is 14.2. The quantitative estimate of drug-likeness (QED) is 0.614. The number of aromatic nitrogens is 2. The van der Waals surface area contributed by atoms with E-state index in [1.807, 2.05) is 12.1 Å². The first-order valence-corrected chi connectivity index (χ1v) is 7.77. The van der Waals surface area contributed by atoms with Crippen LogP contribution in [0.25, 0.3) is 32.2 Å². The van der Waals surface area contributed by atoms with Gasteiger partial charge >= 0.3 is 0 Å². The lowest BCUT2D eigenvalue weighted by molar-refractivity contribution is 1.13. The number of nitrogens with zero attached hydrogens (tertiary/aromatic N) is 6. The average molecular weight is 346 g/mol. The van der Waals surface area contributed by atoms with Gasteiger partial charge in [0, 0.05) is 17.3 Å². The van der Waals surface area contributed by atoms with Gasteiger partial charge < -0.3 is 0 Å². The van der Waals surface area contributed by atoms with Crippen LogP contribution in [0.5, 0.6) is 0 Å². The lowest BCUT2D eigenvalue weighted by Gasteiger charge is -2.11. The highest BCUT2D eigenvalue weighted by atomic mass is 14.8. The molecule has 0 unspecified atom stereocenters. The molecule has 6 nitrogen and oxygen atoms in total. The van der Waals surface area contributed by atoms with Crippen LogP contribution in [0.2, 0.25) is 0 Å². The molecule has 1 heterocycles. The van der Waals surface area contributed by atoms with Crippen LogP contribution in [-0.2, 0) is 0 Å². The Morgan fingerprint density at radius 2 is 1.33 bits per heavy atom. The maximum Gasteiger partial charge on any atom is 0.189 e. The molecule has 0 aliphatic heterocycles. The maximum absolute atomic E-state index is 9.25. The molecule has 0 fully saturated rings. The summed E-state index contributed by atoms with van der Waals surface area (Å²) >= 11 is 0. The van der Waals surface area contributed by atoms with Crippen molar-refractivity contribution in [2.24, 2.45) is 0 Å². The molecule has 0 aliphatic carbocycles. The number of rotatable bonds is 2. The largest absolute Gasteiger partial charge is 0.252 e. The van der Waals surface area contributed by atoms with Gasteiger partial charge in [0.2, 0.25) is 0 Å². The molecule has 0 saturated carbocycles. The Bertz CT molecular complexity index is 1160. The Labute approximate surface area is 156 Å². The smallest absolute Gasteiger partial charge is 0.189 e. The van der Waals surface area contributed by atoms with Crippen LogP contribution in [0.4, 0.5) is 11.4 Å². The molecule has 0 atom stereocenters. The number of hydrogen-bond acceptors (Lipinski definition) is 4. The van der Waals surface area contributed by atoms with Crippen molar-refractivity contribution in [2.75, 3.05) is 0 Å². The standard InChI is InChI=1S/C21H10N6/c1-13-12-26-20(16-4-14(10-22)6-18(8-16)24-2)21(27-13)17-5-15(11-23)7-19(9-17)25-3/h4-9,12H,1H3. The van der Waals surface area contributed by atoms with Crippen molar-refractivity contribution < 1.29 is 0 Å². The minimum Gasteiger partial charge on any atom is -0.252 e. The van der Waals surface area contributed by atoms with Crippen LogP contribution >= 0.6 is 0 Å². The highest BCUT2D eigenvalue weighted by Gasteiger charge is 2.14. The molecule has 3 aromatic rings. The Morgan fingerprint density at radius 1 is 0.815 bits per heavy atom. The van der Waals surface area contributed by atoms with Crippen molar-refractivity contribution in [3.63, 3.8) is 0 Å². The van der Waals surface area contributed by atoms with Gasteiger partial charge in [-0.1, -0.05) is 0 Å². The Kier molecular flexibility index (Phi) is 4.59. The molecule has 0 aliphatic rings. The molecule has 0 N–H and O–H groups in total. The predicted octanol–water partition coefficient (Wildman–Crippen LogP) is 4.96. The van der Waals surface area contributed by atoms with E-state index < -0.39 is 0 Å². The summed E-state index contributed by atoms with van der Waals surface area (Å²) in [7, 11) is 0. The second-order valence-corrected chi connectivity index (χ2v) is 5.69. The average Bonchev–Trinajstić information content (AvgIpc) is 2.72. The van der Waals surface area contributed by atoms with Crippen LogP contribution in [0.15, 0.2) is 42.6 Å². The van der Waals surface area contributed by atoms with Crippen LogP contribution in [-0.4, -0.2) is 9.97 Å². The van der Waals surface area contributed by atoms with Crippen LogP contribution in [0, 0.1) is 42.7 Å². The molecule has 124 valence electrons. The third kappa shape index (κ3) is 3.47. The lowest BCUT2D eigenvalue weighted by atomic mass is 10.00. The molecule has 0 saturated heterocycles. The molecule has 2 aromatic carbocycles. The van der Waals surface area contributed by atoms with Crippen LogP contribution in [0.1, 0.15) is 16.8 Å². The Balaban J connectivity index is 2.32. The summed E-state index contributed by atoms with van der Waals surface area (Å²) in [6.45, 7) is 16.3. The van der Waals surface area contributed by atoms with Gasteiger partial charge in [0.15, 0.2) is 11.4 Å². The summed E-state index contributed by atoms with van der Waals surface area (Å²) in [6.07, 6.45) is 1.60. The van der Waals surface area contributed by atoms with Gasteiger partial charge in [-0.15, -0.1) is 0 Å². The van der Waals surface area contributed by atoms with Crippen molar-refractivity contribution in [3.8, 4) is 34.7 Å². The van der Waals surface area contributed by atoms with E-state index >= 15 is 0 Å². The monoisotopic (exact) mass is 346 g/mol. The molecule has 27 heavy (non-hydrogen) atoms.